The van der Waals surface area contributed by atoms with Crippen molar-refractivity contribution in [1.29, 1.82) is 0 Å². The van der Waals surface area contributed by atoms with Gasteiger partial charge in [-0.05, 0) is 24.3 Å². The molecule has 8 heteroatoms. The molecule has 0 saturated heterocycles. The summed E-state index contributed by atoms with van der Waals surface area (Å²) in [7, 11) is 0. The van der Waals surface area contributed by atoms with Crippen molar-refractivity contribution in [1.82, 2.24) is 0 Å². The number of nitro benzene ring substituents is 1. The fraction of sp³-hybridized carbons (Fsp3) is 0. The van der Waals surface area contributed by atoms with E-state index in [1.165, 1.54) is 30.3 Å². The molecule has 2 aromatic carbocycles. The van der Waals surface area contributed by atoms with Gasteiger partial charge in [-0.25, -0.2) is 4.79 Å². The lowest BCUT2D eigenvalue weighted by Gasteiger charge is -2.08. The number of benzene rings is 2. The molecule has 22 heavy (non-hydrogen) atoms. The van der Waals surface area contributed by atoms with Crippen molar-refractivity contribution in [3.63, 3.8) is 0 Å². The Bertz CT molecular complexity index is 772. The maximum atomic E-state index is 12.0. The molecule has 2 rings (SSSR count). The van der Waals surface area contributed by atoms with Crippen molar-refractivity contribution in [2.45, 2.75) is 0 Å². The van der Waals surface area contributed by atoms with E-state index in [2.05, 4.69) is 5.32 Å². The van der Waals surface area contributed by atoms with Crippen LogP contribution in [0.15, 0.2) is 42.5 Å². The number of anilines is 1. The Morgan fingerprint density at radius 2 is 1.82 bits per heavy atom. The van der Waals surface area contributed by atoms with Crippen molar-refractivity contribution in [3.8, 4) is 5.75 Å². The fourth-order valence-corrected chi connectivity index (χ4v) is 1.73. The number of carboxylic acids is 1. The molecule has 112 valence electrons. The van der Waals surface area contributed by atoms with Gasteiger partial charge < -0.3 is 15.5 Å². The molecule has 0 fully saturated rings. The van der Waals surface area contributed by atoms with Crippen LogP contribution < -0.4 is 5.32 Å². The number of aromatic hydroxyl groups is 1. The highest BCUT2D eigenvalue weighted by Gasteiger charge is 2.14. The summed E-state index contributed by atoms with van der Waals surface area (Å²) in [5.74, 6) is -2.30. The van der Waals surface area contributed by atoms with Crippen LogP contribution in [0.3, 0.4) is 0 Å². The van der Waals surface area contributed by atoms with Gasteiger partial charge in [0, 0.05) is 17.7 Å². The summed E-state index contributed by atoms with van der Waals surface area (Å²) in [5.41, 5.74) is -0.332. The van der Waals surface area contributed by atoms with Gasteiger partial charge in [0.2, 0.25) is 0 Å². The molecule has 2 aromatic rings. The van der Waals surface area contributed by atoms with Crippen molar-refractivity contribution in [3.05, 3.63) is 63.7 Å². The van der Waals surface area contributed by atoms with Crippen LogP contribution in [0.4, 0.5) is 11.4 Å². The third kappa shape index (κ3) is 3.18. The second-order valence-corrected chi connectivity index (χ2v) is 4.30. The number of rotatable bonds is 4. The summed E-state index contributed by atoms with van der Waals surface area (Å²) in [6.45, 7) is 0. The molecule has 8 nitrogen and oxygen atoms in total. The largest absolute Gasteiger partial charge is 0.506 e. The molecule has 0 heterocycles. The van der Waals surface area contributed by atoms with Gasteiger partial charge in [0.05, 0.1) is 16.2 Å². The Morgan fingerprint density at radius 1 is 1.09 bits per heavy atom. The smallest absolute Gasteiger partial charge is 0.335 e. The monoisotopic (exact) mass is 302 g/mol. The number of carboxylic acid groups (broad SMARTS) is 1. The highest BCUT2D eigenvalue weighted by molar-refractivity contribution is 6.05. The van der Waals surface area contributed by atoms with Crippen molar-refractivity contribution >= 4 is 23.3 Å². The van der Waals surface area contributed by atoms with Gasteiger partial charge >= 0.3 is 5.97 Å². The Morgan fingerprint density at radius 3 is 2.41 bits per heavy atom. The van der Waals surface area contributed by atoms with Gasteiger partial charge in [-0.2, -0.15) is 0 Å². The molecule has 0 aliphatic heterocycles. The lowest BCUT2D eigenvalue weighted by molar-refractivity contribution is -0.384. The number of nitro groups is 1. The van der Waals surface area contributed by atoms with Crippen LogP contribution in [-0.4, -0.2) is 27.0 Å². The molecule has 0 bridgehead atoms. The molecule has 0 aliphatic rings. The molecular formula is C14H10N2O6. The second kappa shape index (κ2) is 5.92. The first kappa shape index (κ1) is 15.0. The van der Waals surface area contributed by atoms with Crippen LogP contribution in [0.1, 0.15) is 20.7 Å². The second-order valence-electron chi connectivity index (χ2n) is 4.30. The van der Waals surface area contributed by atoms with E-state index in [0.29, 0.717) is 0 Å². The number of aromatic carboxylic acids is 1. The van der Waals surface area contributed by atoms with Crippen LogP contribution in [0.2, 0.25) is 0 Å². The minimum Gasteiger partial charge on any atom is -0.506 e. The molecule has 0 atom stereocenters. The normalized spacial score (nSPS) is 10.0. The number of nitrogens with zero attached hydrogens (tertiary/aromatic N) is 1. The molecule has 0 radical (unpaired) electrons. The molecule has 0 aromatic heterocycles. The van der Waals surface area contributed by atoms with E-state index < -0.39 is 22.5 Å². The number of hydrogen-bond donors (Lipinski definition) is 3. The van der Waals surface area contributed by atoms with Gasteiger partial charge in [-0.3, -0.25) is 14.9 Å². The first-order valence-corrected chi connectivity index (χ1v) is 6.00. The van der Waals surface area contributed by atoms with Crippen LogP contribution >= 0.6 is 0 Å². The van der Waals surface area contributed by atoms with E-state index in [-0.39, 0.29) is 22.5 Å². The molecule has 3 N–H and O–H groups in total. The summed E-state index contributed by atoms with van der Waals surface area (Å²) in [5, 5.41) is 31.5. The van der Waals surface area contributed by atoms with Gasteiger partial charge in [0.1, 0.15) is 5.75 Å². The summed E-state index contributed by atoms with van der Waals surface area (Å²) < 4.78 is 0. The zero-order valence-corrected chi connectivity index (χ0v) is 11.0. The van der Waals surface area contributed by atoms with Crippen LogP contribution in [0, 0.1) is 10.1 Å². The summed E-state index contributed by atoms with van der Waals surface area (Å²) >= 11 is 0. The van der Waals surface area contributed by atoms with E-state index in [1.54, 1.807) is 0 Å². The third-order valence-electron chi connectivity index (χ3n) is 2.81. The average molecular weight is 302 g/mol. The van der Waals surface area contributed by atoms with Crippen LogP contribution in [0.5, 0.6) is 5.75 Å². The third-order valence-corrected chi connectivity index (χ3v) is 2.81. The Balaban J connectivity index is 2.24. The Labute approximate surface area is 123 Å². The lowest BCUT2D eigenvalue weighted by Crippen LogP contribution is -2.12. The number of carbonyl (C=O) groups excluding carboxylic acids is 1. The van der Waals surface area contributed by atoms with Crippen LogP contribution in [-0.2, 0) is 0 Å². The number of nitrogens with one attached hydrogen (secondary N) is 1. The Hall–Kier alpha value is -3.42. The highest BCUT2D eigenvalue weighted by Crippen LogP contribution is 2.25. The summed E-state index contributed by atoms with van der Waals surface area (Å²) in [6.07, 6.45) is 0. The first-order valence-electron chi connectivity index (χ1n) is 6.00. The molecule has 0 saturated carbocycles. The fourth-order valence-electron chi connectivity index (χ4n) is 1.73. The minimum atomic E-state index is -1.22. The Kier molecular flexibility index (Phi) is 4.03. The van der Waals surface area contributed by atoms with E-state index in [0.717, 1.165) is 12.1 Å². The highest BCUT2D eigenvalue weighted by atomic mass is 16.6. The zero-order valence-electron chi connectivity index (χ0n) is 11.0. The predicted octanol–water partition coefficient (Wildman–Crippen LogP) is 2.25. The predicted molar refractivity (Wildman–Crippen MR) is 76.1 cm³/mol. The number of amides is 1. The summed E-state index contributed by atoms with van der Waals surface area (Å²) in [6, 6.07) is 8.52. The average Bonchev–Trinajstić information content (AvgIpc) is 2.49. The van der Waals surface area contributed by atoms with Crippen LogP contribution in [0.25, 0.3) is 0 Å². The quantitative estimate of drug-likeness (QED) is 0.451. The molecule has 0 aliphatic carbocycles. The number of carbonyl (C=O) groups is 2. The number of hydrogen-bond acceptors (Lipinski definition) is 5. The van der Waals surface area contributed by atoms with Gasteiger partial charge in [0.15, 0.2) is 0 Å². The maximum absolute atomic E-state index is 12.0. The van der Waals surface area contributed by atoms with Crippen molar-refractivity contribution < 1.29 is 24.7 Å². The SMILES string of the molecule is O=C(O)c1ccc(NC(=O)c2cccc([N+](=O)[O-])c2)c(O)c1. The van der Waals surface area contributed by atoms with E-state index in [4.69, 9.17) is 5.11 Å². The van der Waals surface area contributed by atoms with Gasteiger partial charge in [-0.1, -0.05) is 6.07 Å². The number of phenols is 1. The topological polar surface area (TPSA) is 130 Å². The van der Waals surface area contributed by atoms with E-state index in [1.807, 2.05) is 0 Å². The molecular weight excluding hydrogens is 292 g/mol. The zero-order chi connectivity index (χ0) is 16.3. The van der Waals surface area contributed by atoms with Crippen molar-refractivity contribution in [2.75, 3.05) is 5.32 Å². The minimum absolute atomic E-state index is 0.00139. The molecule has 0 unspecified atom stereocenters. The summed E-state index contributed by atoms with van der Waals surface area (Å²) in [4.78, 5) is 32.8. The molecule has 1 amide bonds. The maximum Gasteiger partial charge on any atom is 0.335 e. The number of phenolic OH excluding ortho intramolecular Hbond substituents is 1. The first-order chi connectivity index (χ1) is 10.4. The van der Waals surface area contributed by atoms with Gasteiger partial charge in [-0.15, -0.1) is 0 Å². The standard InChI is InChI=1S/C14H10N2O6/c17-12-7-9(14(19)20)4-5-11(12)15-13(18)8-2-1-3-10(6-8)16(21)22/h1-7,17H,(H,15,18)(H,19,20). The lowest BCUT2D eigenvalue weighted by atomic mass is 10.1. The van der Waals surface area contributed by atoms with E-state index >= 15 is 0 Å². The molecule has 0 spiro atoms. The number of non-ortho nitro benzene ring substituents is 1. The van der Waals surface area contributed by atoms with Gasteiger partial charge in [0.25, 0.3) is 11.6 Å². The van der Waals surface area contributed by atoms with Crippen molar-refractivity contribution in [2.24, 2.45) is 0 Å². The van der Waals surface area contributed by atoms with E-state index in [9.17, 15) is 24.8 Å².